The Kier molecular flexibility index (Phi) is 5.85. The van der Waals surface area contributed by atoms with Crippen molar-refractivity contribution in [3.8, 4) is 11.3 Å². The number of nitrogens with one attached hydrogen (secondary N) is 1. The molecule has 0 fully saturated rings. The van der Waals surface area contributed by atoms with Crippen molar-refractivity contribution in [1.82, 2.24) is 14.6 Å². The second-order valence-corrected chi connectivity index (χ2v) is 7.57. The van der Waals surface area contributed by atoms with E-state index in [0.29, 0.717) is 28.4 Å². The summed E-state index contributed by atoms with van der Waals surface area (Å²) in [5.74, 6) is -0.102. The topological polar surface area (TPSA) is 85.6 Å². The van der Waals surface area contributed by atoms with E-state index in [0.717, 1.165) is 24.1 Å². The maximum atomic E-state index is 12.8. The standard InChI is InChI=1S/C22H20N4O3S/c1-2-3-11-29-22(28)25-16-7-4-6-15(13-16)18-9-10-23-21-17(14-24-26(18)21)20(27)19-8-5-12-30-19/h4-10,12-14H,2-3,11H2,1H3,(H,25,28). The van der Waals surface area contributed by atoms with Gasteiger partial charge in [0.05, 0.1) is 28.9 Å². The van der Waals surface area contributed by atoms with Crippen molar-refractivity contribution in [2.24, 2.45) is 0 Å². The fourth-order valence-corrected chi connectivity index (χ4v) is 3.71. The first-order valence-electron chi connectivity index (χ1n) is 9.62. The Morgan fingerprint density at radius 1 is 1.20 bits per heavy atom. The highest BCUT2D eigenvalue weighted by atomic mass is 32.1. The van der Waals surface area contributed by atoms with Crippen LogP contribution >= 0.6 is 11.3 Å². The minimum Gasteiger partial charge on any atom is -0.449 e. The van der Waals surface area contributed by atoms with Gasteiger partial charge in [-0.1, -0.05) is 31.5 Å². The third kappa shape index (κ3) is 4.08. The summed E-state index contributed by atoms with van der Waals surface area (Å²) < 4.78 is 6.79. The van der Waals surface area contributed by atoms with Crippen molar-refractivity contribution in [2.75, 3.05) is 11.9 Å². The van der Waals surface area contributed by atoms with Crippen molar-refractivity contribution in [3.05, 3.63) is 70.7 Å². The molecule has 0 unspecified atom stereocenters. The second-order valence-electron chi connectivity index (χ2n) is 6.63. The average molecular weight is 420 g/mol. The molecule has 3 aromatic heterocycles. The van der Waals surface area contributed by atoms with Gasteiger partial charge in [-0.2, -0.15) is 5.10 Å². The van der Waals surface area contributed by atoms with E-state index in [9.17, 15) is 9.59 Å². The Labute approximate surface area is 177 Å². The summed E-state index contributed by atoms with van der Waals surface area (Å²) in [7, 11) is 0. The summed E-state index contributed by atoms with van der Waals surface area (Å²) in [5.41, 5.74) is 3.14. The first-order chi connectivity index (χ1) is 14.7. The van der Waals surface area contributed by atoms with E-state index in [-0.39, 0.29) is 5.78 Å². The molecule has 0 aliphatic heterocycles. The highest BCUT2D eigenvalue weighted by molar-refractivity contribution is 7.12. The predicted molar refractivity (Wildman–Crippen MR) is 116 cm³/mol. The zero-order valence-electron chi connectivity index (χ0n) is 16.4. The molecule has 1 N–H and O–H groups in total. The molecule has 3 heterocycles. The normalized spacial score (nSPS) is 10.8. The van der Waals surface area contributed by atoms with Crippen molar-refractivity contribution in [1.29, 1.82) is 0 Å². The van der Waals surface area contributed by atoms with Gasteiger partial charge in [-0.05, 0) is 36.1 Å². The zero-order valence-corrected chi connectivity index (χ0v) is 17.2. The molecular weight excluding hydrogens is 400 g/mol. The molecule has 0 aliphatic carbocycles. The summed E-state index contributed by atoms with van der Waals surface area (Å²) >= 11 is 1.39. The number of aromatic nitrogens is 3. The third-order valence-corrected chi connectivity index (χ3v) is 5.40. The van der Waals surface area contributed by atoms with Crippen LogP contribution in [0.3, 0.4) is 0 Å². The number of ketones is 1. The van der Waals surface area contributed by atoms with Crippen LogP contribution in [0.2, 0.25) is 0 Å². The number of ether oxygens (including phenoxy) is 1. The molecule has 0 bridgehead atoms. The molecule has 0 saturated heterocycles. The van der Waals surface area contributed by atoms with Gasteiger partial charge in [0.2, 0.25) is 5.78 Å². The minimum absolute atomic E-state index is 0.102. The highest BCUT2D eigenvalue weighted by Crippen LogP contribution is 2.25. The number of nitrogens with zero attached hydrogens (tertiary/aromatic N) is 3. The molecule has 7 nitrogen and oxygen atoms in total. The van der Waals surface area contributed by atoms with Crippen LogP contribution in [0.1, 0.15) is 35.0 Å². The Morgan fingerprint density at radius 3 is 2.90 bits per heavy atom. The minimum atomic E-state index is -0.483. The second kappa shape index (κ2) is 8.87. The van der Waals surface area contributed by atoms with Crippen LogP contribution in [0.4, 0.5) is 10.5 Å². The molecular formula is C22H20N4O3S. The summed E-state index contributed by atoms with van der Waals surface area (Å²) in [6, 6.07) is 12.8. The smallest absolute Gasteiger partial charge is 0.411 e. The molecule has 0 spiro atoms. The van der Waals surface area contributed by atoms with Gasteiger partial charge >= 0.3 is 6.09 Å². The van der Waals surface area contributed by atoms with Gasteiger partial charge in [0.25, 0.3) is 0 Å². The molecule has 8 heteroatoms. The molecule has 0 radical (unpaired) electrons. The van der Waals surface area contributed by atoms with Crippen LogP contribution in [-0.2, 0) is 4.74 Å². The largest absolute Gasteiger partial charge is 0.449 e. The van der Waals surface area contributed by atoms with Crippen LogP contribution in [0.5, 0.6) is 0 Å². The number of anilines is 1. The average Bonchev–Trinajstić information content (AvgIpc) is 3.44. The predicted octanol–water partition coefficient (Wildman–Crippen LogP) is 5.04. The van der Waals surface area contributed by atoms with Crippen molar-refractivity contribution >= 4 is 34.5 Å². The molecule has 4 aromatic rings. The fourth-order valence-electron chi connectivity index (χ4n) is 3.03. The fraction of sp³-hybridized carbons (Fsp3) is 0.182. The van der Waals surface area contributed by atoms with Gasteiger partial charge < -0.3 is 4.74 Å². The van der Waals surface area contributed by atoms with Crippen LogP contribution in [0.25, 0.3) is 16.9 Å². The monoisotopic (exact) mass is 420 g/mol. The number of hydrogen-bond donors (Lipinski definition) is 1. The van der Waals surface area contributed by atoms with Crippen LogP contribution in [0.15, 0.2) is 60.2 Å². The SMILES string of the molecule is CCCCOC(=O)Nc1cccc(-c2ccnc3c(C(=O)c4cccs4)cnn23)c1. The molecule has 152 valence electrons. The summed E-state index contributed by atoms with van der Waals surface area (Å²) in [5, 5.41) is 9.00. The number of rotatable bonds is 7. The Hall–Kier alpha value is -3.52. The lowest BCUT2D eigenvalue weighted by Crippen LogP contribution is -2.14. The van der Waals surface area contributed by atoms with E-state index in [1.165, 1.54) is 11.3 Å². The molecule has 4 rings (SSSR count). The quantitative estimate of drug-likeness (QED) is 0.334. The van der Waals surface area contributed by atoms with Crippen molar-refractivity contribution in [3.63, 3.8) is 0 Å². The molecule has 1 aromatic carbocycles. The number of thiophene rings is 1. The maximum absolute atomic E-state index is 12.8. The van der Waals surface area contributed by atoms with E-state index in [1.807, 2.05) is 42.6 Å². The first kappa shape index (κ1) is 19.8. The Bertz CT molecular complexity index is 1180. The van der Waals surface area contributed by atoms with Gasteiger partial charge in [-0.3, -0.25) is 10.1 Å². The van der Waals surface area contributed by atoms with Crippen LogP contribution in [-0.4, -0.2) is 33.1 Å². The van der Waals surface area contributed by atoms with Crippen LogP contribution in [0, 0.1) is 0 Å². The number of fused-ring (bicyclic) bond motifs is 1. The van der Waals surface area contributed by atoms with E-state index in [2.05, 4.69) is 15.4 Å². The van der Waals surface area contributed by atoms with Gasteiger partial charge in [0.1, 0.15) is 0 Å². The Balaban J connectivity index is 1.62. The highest BCUT2D eigenvalue weighted by Gasteiger charge is 2.18. The lowest BCUT2D eigenvalue weighted by molar-refractivity contribution is 0.104. The summed E-state index contributed by atoms with van der Waals surface area (Å²) in [6.45, 7) is 2.43. The number of hydrogen-bond acceptors (Lipinski definition) is 6. The van der Waals surface area contributed by atoms with Gasteiger partial charge in [-0.25, -0.2) is 14.3 Å². The van der Waals surface area contributed by atoms with Crippen molar-refractivity contribution in [2.45, 2.75) is 19.8 Å². The lowest BCUT2D eigenvalue weighted by Gasteiger charge is -2.09. The van der Waals surface area contributed by atoms with Crippen LogP contribution < -0.4 is 5.32 Å². The molecule has 0 saturated carbocycles. The summed E-state index contributed by atoms with van der Waals surface area (Å²) in [4.78, 5) is 29.7. The molecule has 0 aliphatic rings. The number of carbonyl (C=O) groups excluding carboxylic acids is 2. The zero-order chi connectivity index (χ0) is 20.9. The van der Waals surface area contributed by atoms with E-state index >= 15 is 0 Å². The first-order valence-corrected chi connectivity index (χ1v) is 10.5. The number of unbranched alkanes of at least 4 members (excludes halogenated alkanes) is 1. The summed E-state index contributed by atoms with van der Waals surface area (Å²) in [6.07, 6.45) is 4.50. The number of carbonyl (C=O) groups is 2. The molecule has 30 heavy (non-hydrogen) atoms. The van der Waals surface area contributed by atoms with E-state index < -0.39 is 6.09 Å². The Morgan fingerprint density at radius 2 is 2.10 bits per heavy atom. The third-order valence-electron chi connectivity index (χ3n) is 4.53. The lowest BCUT2D eigenvalue weighted by atomic mass is 10.1. The molecule has 1 amide bonds. The van der Waals surface area contributed by atoms with Gasteiger partial charge in [0, 0.05) is 17.4 Å². The van der Waals surface area contributed by atoms with E-state index in [1.54, 1.807) is 29.0 Å². The maximum Gasteiger partial charge on any atom is 0.411 e. The van der Waals surface area contributed by atoms with Gasteiger partial charge in [0.15, 0.2) is 5.65 Å². The number of benzene rings is 1. The van der Waals surface area contributed by atoms with Gasteiger partial charge in [-0.15, -0.1) is 11.3 Å². The molecule has 0 atom stereocenters. The van der Waals surface area contributed by atoms with E-state index in [4.69, 9.17) is 4.74 Å². The van der Waals surface area contributed by atoms with Crippen molar-refractivity contribution < 1.29 is 14.3 Å². The number of amides is 1.